The number of nitrogens with two attached hydrogens (primary N) is 1. The highest BCUT2D eigenvalue weighted by Crippen LogP contribution is 1.98. The normalized spacial score (nSPS) is 12.1. The molecule has 1 aromatic heterocycles. The minimum atomic E-state index is -0.884. The molecule has 0 aromatic carbocycles. The number of ether oxygens (including phenoxy) is 1. The van der Waals surface area contributed by atoms with Crippen molar-refractivity contribution in [3.63, 3.8) is 0 Å². The van der Waals surface area contributed by atoms with Crippen LogP contribution in [-0.4, -0.2) is 21.2 Å². The van der Waals surface area contributed by atoms with E-state index in [1.54, 1.807) is 0 Å². The van der Waals surface area contributed by atoms with E-state index < -0.39 is 17.3 Å². The van der Waals surface area contributed by atoms with E-state index in [-0.39, 0.29) is 5.82 Å². The van der Waals surface area contributed by atoms with E-state index in [1.165, 1.54) is 19.2 Å². The molecule has 6 nitrogen and oxygen atoms in total. The minimum absolute atomic E-state index is 0.0398. The summed E-state index contributed by atoms with van der Waals surface area (Å²) in [5.41, 5.74) is 3.61. The van der Waals surface area contributed by atoms with Crippen LogP contribution in [0.3, 0.4) is 0 Å². The first-order chi connectivity index (χ1) is 6.50. The number of anilines is 1. The van der Waals surface area contributed by atoms with E-state index >= 15 is 0 Å². The lowest BCUT2D eigenvalue weighted by Crippen LogP contribution is -2.30. The van der Waals surface area contributed by atoms with Crippen molar-refractivity contribution in [1.82, 2.24) is 9.55 Å². The fourth-order valence-electron chi connectivity index (χ4n) is 0.751. The number of aromatic nitrogens is 2. The predicted molar refractivity (Wildman–Crippen MR) is 50.1 cm³/mol. The average molecular weight is 218 g/mol. The molecular weight excluding hydrogens is 210 g/mol. The summed E-state index contributed by atoms with van der Waals surface area (Å²) in [7, 11) is 0. The Bertz CT molecular complexity index is 401. The molecule has 0 bridgehead atoms. The van der Waals surface area contributed by atoms with E-state index in [1.807, 2.05) is 0 Å². The van der Waals surface area contributed by atoms with Crippen molar-refractivity contribution in [3.8, 4) is 0 Å². The number of hydrogen-bond donors (Lipinski definition) is 1. The van der Waals surface area contributed by atoms with Gasteiger partial charge in [-0.05, 0) is 13.0 Å². The number of rotatable bonds is 1. The molecule has 7 heteroatoms. The van der Waals surface area contributed by atoms with Gasteiger partial charge in [-0.2, -0.15) is 4.98 Å². The van der Waals surface area contributed by atoms with Crippen LogP contribution in [0.15, 0.2) is 17.1 Å². The van der Waals surface area contributed by atoms with Crippen molar-refractivity contribution < 1.29 is 9.53 Å². The summed E-state index contributed by atoms with van der Waals surface area (Å²) in [6, 6.07) is 1.31. The van der Waals surface area contributed by atoms with Crippen LogP contribution in [-0.2, 0) is 4.74 Å². The molecule has 0 spiro atoms. The molecule has 1 aromatic rings. The van der Waals surface area contributed by atoms with Gasteiger partial charge < -0.3 is 10.5 Å². The third-order valence-corrected chi connectivity index (χ3v) is 1.37. The quantitative estimate of drug-likeness (QED) is 0.688. The third-order valence-electron chi connectivity index (χ3n) is 1.29. The van der Waals surface area contributed by atoms with Gasteiger partial charge in [-0.1, -0.05) is 11.6 Å². The van der Waals surface area contributed by atoms with Crippen LogP contribution in [0.25, 0.3) is 0 Å². The van der Waals surface area contributed by atoms with E-state index in [9.17, 15) is 9.59 Å². The van der Waals surface area contributed by atoms with Gasteiger partial charge in [0.05, 0.1) is 0 Å². The first-order valence-electron chi connectivity index (χ1n) is 3.71. The predicted octanol–water partition coefficient (Wildman–Crippen LogP) is 0.395. The summed E-state index contributed by atoms with van der Waals surface area (Å²) in [5, 5.41) is 0. The van der Waals surface area contributed by atoms with Crippen LogP contribution in [0.1, 0.15) is 6.92 Å². The number of nitrogen functional groups attached to an aromatic ring is 1. The summed E-state index contributed by atoms with van der Waals surface area (Å²) in [4.78, 5) is 25.6. The number of alkyl halides is 1. The second-order valence-corrected chi connectivity index (χ2v) is 3.05. The van der Waals surface area contributed by atoms with Crippen molar-refractivity contribution in [1.29, 1.82) is 0 Å². The highest BCUT2D eigenvalue weighted by Gasteiger charge is 2.11. The molecule has 14 heavy (non-hydrogen) atoms. The van der Waals surface area contributed by atoms with Crippen molar-refractivity contribution >= 4 is 23.5 Å². The minimum Gasteiger partial charge on any atom is -0.429 e. The first kappa shape index (κ1) is 10.5. The van der Waals surface area contributed by atoms with E-state index in [2.05, 4.69) is 9.72 Å². The lowest BCUT2D eigenvalue weighted by Gasteiger charge is -2.06. The van der Waals surface area contributed by atoms with Crippen LogP contribution >= 0.6 is 11.6 Å². The number of nitrogens with zero attached hydrogens (tertiary/aromatic N) is 2. The zero-order valence-corrected chi connectivity index (χ0v) is 8.06. The third kappa shape index (κ3) is 2.46. The summed E-state index contributed by atoms with van der Waals surface area (Å²) in [6.45, 7) is 1.45. The lowest BCUT2D eigenvalue weighted by molar-refractivity contribution is 0.139. The zero-order chi connectivity index (χ0) is 10.7. The number of carbonyl (C=O) groups is 1. The Hall–Kier alpha value is -1.56. The Kier molecular flexibility index (Phi) is 3.08. The van der Waals surface area contributed by atoms with Gasteiger partial charge in [0.15, 0.2) is 5.56 Å². The standard InChI is InChI=1S/C7H8ClN3O3/c1-4(8)14-7(13)11-3-2-5(9)10-6(11)12/h2-4H,1H3,(H2,9,10,12). The molecule has 0 radical (unpaired) electrons. The van der Waals surface area contributed by atoms with Crippen LogP contribution in [0.5, 0.6) is 0 Å². The molecule has 0 aliphatic carbocycles. The van der Waals surface area contributed by atoms with Crippen LogP contribution in [0, 0.1) is 0 Å². The van der Waals surface area contributed by atoms with Crippen molar-refractivity contribution in [3.05, 3.63) is 22.7 Å². The van der Waals surface area contributed by atoms with Crippen LogP contribution < -0.4 is 11.4 Å². The van der Waals surface area contributed by atoms with Gasteiger partial charge in [-0.15, -0.1) is 0 Å². The Morgan fingerprint density at radius 3 is 2.93 bits per heavy atom. The van der Waals surface area contributed by atoms with Crippen LogP contribution in [0.4, 0.5) is 10.6 Å². The molecular formula is C7H8ClN3O3. The maximum absolute atomic E-state index is 11.2. The van der Waals surface area contributed by atoms with Crippen molar-refractivity contribution in [2.45, 2.75) is 12.5 Å². The fraction of sp³-hybridized carbons (Fsp3) is 0.286. The van der Waals surface area contributed by atoms with Gasteiger partial charge >= 0.3 is 11.8 Å². The Labute approximate surface area is 84.3 Å². The van der Waals surface area contributed by atoms with Gasteiger partial charge in [0.2, 0.25) is 0 Å². The Balaban J connectivity index is 2.97. The lowest BCUT2D eigenvalue weighted by atomic mass is 10.6. The molecule has 1 atom stereocenters. The second kappa shape index (κ2) is 4.10. The number of carbonyl (C=O) groups excluding carboxylic acids is 1. The summed E-state index contributed by atoms with van der Waals surface area (Å²) in [5.74, 6) is 0.0398. The van der Waals surface area contributed by atoms with Crippen molar-refractivity contribution in [2.75, 3.05) is 5.73 Å². The molecule has 0 saturated carbocycles. The van der Waals surface area contributed by atoms with Crippen molar-refractivity contribution in [2.24, 2.45) is 0 Å². The van der Waals surface area contributed by atoms with Gasteiger partial charge in [0.1, 0.15) is 5.82 Å². The average Bonchev–Trinajstić information content (AvgIpc) is 2.01. The first-order valence-corrected chi connectivity index (χ1v) is 4.14. The molecule has 0 aliphatic rings. The smallest absolute Gasteiger partial charge is 0.423 e. The molecule has 0 amide bonds. The molecule has 1 rings (SSSR count). The molecule has 0 saturated heterocycles. The maximum Gasteiger partial charge on any atom is 0.423 e. The maximum atomic E-state index is 11.2. The highest BCUT2D eigenvalue weighted by molar-refractivity contribution is 6.19. The number of halogens is 1. The Morgan fingerprint density at radius 2 is 2.43 bits per heavy atom. The summed E-state index contributed by atoms with van der Waals surface area (Å²) < 4.78 is 5.24. The zero-order valence-electron chi connectivity index (χ0n) is 7.31. The van der Waals surface area contributed by atoms with Gasteiger partial charge in [-0.25, -0.2) is 14.2 Å². The van der Waals surface area contributed by atoms with Gasteiger partial charge in [0, 0.05) is 6.20 Å². The molecule has 76 valence electrons. The molecule has 0 aliphatic heterocycles. The fourth-order valence-corrected chi connectivity index (χ4v) is 0.827. The Morgan fingerprint density at radius 1 is 1.79 bits per heavy atom. The van der Waals surface area contributed by atoms with Gasteiger partial charge in [-0.3, -0.25) is 0 Å². The van der Waals surface area contributed by atoms with E-state index in [4.69, 9.17) is 17.3 Å². The van der Waals surface area contributed by atoms with E-state index in [0.717, 1.165) is 0 Å². The molecule has 0 fully saturated rings. The highest BCUT2D eigenvalue weighted by atomic mass is 35.5. The topological polar surface area (TPSA) is 87.2 Å². The largest absolute Gasteiger partial charge is 0.429 e. The SMILES string of the molecule is CC(Cl)OC(=O)n1ccc(N)nc1=O. The van der Waals surface area contributed by atoms with Crippen LogP contribution in [0.2, 0.25) is 0 Å². The van der Waals surface area contributed by atoms with E-state index in [0.29, 0.717) is 4.57 Å². The monoisotopic (exact) mass is 217 g/mol. The number of hydrogen-bond acceptors (Lipinski definition) is 5. The van der Waals surface area contributed by atoms with Gasteiger partial charge in [0.25, 0.3) is 0 Å². The second-order valence-electron chi connectivity index (χ2n) is 2.43. The molecule has 1 unspecified atom stereocenters. The molecule has 2 N–H and O–H groups in total. The summed E-state index contributed by atoms with van der Waals surface area (Å²) >= 11 is 5.40. The summed E-state index contributed by atoms with van der Waals surface area (Å²) in [6.07, 6.45) is 0.289. The molecule has 1 heterocycles.